The molecule has 5 aliphatic heterocycles. The van der Waals surface area contributed by atoms with E-state index in [0.29, 0.717) is 51.1 Å². The van der Waals surface area contributed by atoms with Crippen LogP contribution in [0.4, 0.5) is 0 Å². The lowest BCUT2D eigenvalue weighted by Gasteiger charge is -2.42. The Morgan fingerprint density at radius 2 is 0.845 bits per heavy atom. The molecule has 3 fully saturated rings. The number of carbonyl (C=O) groups excluding carboxylic acids is 16. The van der Waals surface area contributed by atoms with Crippen molar-refractivity contribution in [1.82, 2.24) is 88.7 Å². The highest BCUT2D eigenvalue weighted by Crippen LogP contribution is 2.28. The van der Waals surface area contributed by atoms with Crippen LogP contribution in [-0.2, 0) is 76.7 Å². The maximum atomic E-state index is 14.5. The number of rotatable bonds is 38. The summed E-state index contributed by atoms with van der Waals surface area (Å²) in [5.41, 5.74) is -11.1. The number of carbonyl (C=O) groups is 16. The number of likely N-dealkylation sites (tertiary alicyclic amines) is 3. The van der Waals surface area contributed by atoms with Crippen molar-refractivity contribution < 1.29 is 81.3 Å². The van der Waals surface area contributed by atoms with Crippen LogP contribution >= 0.6 is 0 Å². The number of piperidine rings is 3. The van der Waals surface area contributed by atoms with Crippen molar-refractivity contribution in [2.45, 2.75) is 343 Å². The van der Waals surface area contributed by atoms with Crippen LogP contribution in [0.3, 0.4) is 0 Å². The van der Waals surface area contributed by atoms with Crippen LogP contribution in [0.25, 0.3) is 0 Å². The second-order valence-corrected chi connectivity index (χ2v) is 37.1. The third-order valence-corrected chi connectivity index (χ3v) is 22.4. The molecule has 13 N–H and O–H groups in total. The van der Waals surface area contributed by atoms with Gasteiger partial charge in [-0.15, -0.1) is 0 Å². The van der Waals surface area contributed by atoms with Gasteiger partial charge in [0.25, 0.3) is 0 Å². The molecule has 0 unspecified atom stereocenters. The van der Waals surface area contributed by atoms with E-state index in [1.54, 1.807) is 20.8 Å². The van der Waals surface area contributed by atoms with E-state index in [1.165, 1.54) is 104 Å². The van der Waals surface area contributed by atoms with Crippen LogP contribution < -0.4 is 69.1 Å². The Balaban J connectivity index is 1.08. The summed E-state index contributed by atoms with van der Waals surface area (Å²) in [6, 6.07) is -6.43. The van der Waals surface area contributed by atoms with E-state index in [0.717, 1.165) is 58.2 Å². The van der Waals surface area contributed by atoms with Gasteiger partial charge in [0.05, 0.1) is 38.6 Å². The molecule has 3 saturated heterocycles. The zero-order chi connectivity index (χ0) is 87.6. The van der Waals surface area contributed by atoms with Crippen LogP contribution in [0, 0.1) is 17.8 Å². The SMILES string of the molecule is CC[C@](C)(NC(=O)[C@H](CC(C)C)NC(=O)[C@H](C)NC(=O)C(C)(C)NC(=O)[C@@H]1CCCCN1C(=O)C(C)(C)NC(=O)C(C)(C)NC(=O)CNC(=O)CCNC(=O)[C@H](CC(C)C)NC(=O)C(C)(C)NC(=O)C(C)(C)NC(=O)[C@@H]1CCCCN1C(=O)C(C)(C)NC(=O)[C@@H]1CCCCN1C(C)=O)C(=O)N[C@@H](CC(C)C)CN1CCC[N+]2=C1CCC2. The first-order valence-electron chi connectivity index (χ1n) is 42.0. The Labute approximate surface area is 686 Å². The van der Waals surface area contributed by atoms with Crippen molar-refractivity contribution in [1.29, 1.82) is 0 Å². The van der Waals surface area contributed by atoms with Crippen molar-refractivity contribution in [3.8, 4) is 0 Å². The standard InChI is InChI=1S/C82H140N18O16/c1-23-82(22,73(114)86-54(44-49(2)3)48-97-40-31-39-96-38-30-35-62(96)97)93-65(106)56(46-51(6)7)87-63(104)52(8)85-69(110)76(10,11)90-67(108)58-33-26-29-43-100(58)75(116)81(20,21)95-71(112)78(14,15)89-61(103)47-84-60(102)36-37-83-64(105)55(45-50(4)5)88-70(111)77(12,13)94-72(113)79(16,17)91-68(109)59-34-25-28-42-99(59)74(115)80(18,19)92-66(107)57-32-24-27-41-98(57)53(9)101/h49-52,54-59H,23-48H2,1-22H3,(H12-,83,84,85,86,87,88,89,90,91,92,93,94,95,102,103,104,105,106,107,108,109,110,111,112,113,114)/p+1/t52-,54-,55-,56-,57-,58-,59-,82-/m0/s1. The average molecular weight is 1640 g/mol. The number of nitrogens with zero attached hydrogens (tertiary/aromatic N) is 5. The van der Waals surface area contributed by atoms with Gasteiger partial charge in [0.2, 0.25) is 100 Å². The fourth-order valence-corrected chi connectivity index (χ4v) is 15.3. The van der Waals surface area contributed by atoms with Gasteiger partial charge in [-0.2, -0.15) is 0 Å². The lowest BCUT2D eigenvalue weighted by atomic mass is 9.93. The van der Waals surface area contributed by atoms with Gasteiger partial charge >= 0.3 is 0 Å². The maximum Gasteiger partial charge on any atom is 0.248 e. The molecule has 16 amide bonds. The van der Waals surface area contributed by atoms with E-state index in [9.17, 15) is 76.7 Å². The van der Waals surface area contributed by atoms with Crippen LogP contribution in [0.5, 0.6) is 0 Å². The molecule has 34 nitrogen and oxygen atoms in total. The molecular formula is C82H141N18O16+. The largest absolute Gasteiger partial charge is 0.354 e. The minimum atomic E-state index is -1.67. The summed E-state index contributed by atoms with van der Waals surface area (Å²) in [6.45, 7) is 38.9. The van der Waals surface area contributed by atoms with E-state index in [1.807, 2.05) is 34.6 Å². The fourth-order valence-electron chi connectivity index (χ4n) is 15.3. The highest BCUT2D eigenvalue weighted by molar-refractivity contribution is 6.03. The van der Waals surface area contributed by atoms with E-state index in [2.05, 4.69) is 92.4 Å². The molecule has 116 heavy (non-hydrogen) atoms. The van der Waals surface area contributed by atoms with Crippen LogP contribution in [0.1, 0.15) is 261 Å². The quantitative estimate of drug-likeness (QED) is 0.0389. The van der Waals surface area contributed by atoms with Crippen LogP contribution in [0.15, 0.2) is 0 Å². The summed E-state index contributed by atoms with van der Waals surface area (Å²) in [4.78, 5) is 228. The first-order chi connectivity index (χ1) is 53.7. The van der Waals surface area contributed by atoms with E-state index >= 15 is 0 Å². The zero-order valence-electron chi connectivity index (χ0n) is 73.4. The Hall–Kier alpha value is -9.01. The van der Waals surface area contributed by atoms with E-state index in [4.69, 9.17) is 0 Å². The molecular weight excluding hydrogens is 1490 g/mol. The second-order valence-electron chi connectivity index (χ2n) is 37.1. The molecule has 0 spiro atoms. The number of amides is 16. The van der Waals surface area contributed by atoms with Gasteiger partial charge < -0.3 is 83.8 Å². The summed E-state index contributed by atoms with van der Waals surface area (Å²) in [5.74, 6) is -8.44. The number of nitrogens with one attached hydrogen (secondary N) is 13. The Kier molecular flexibility index (Phi) is 34.8. The molecule has 0 saturated carbocycles. The number of hydrogen-bond acceptors (Lipinski definition) is 17. The first-order valence-corrected chi connectivity index (χ1v) is 42.0. The summed E-state index contributed by atoms with van der Waals surface area (Å²) in [6.07, 6.45) is 8.90. The maximum absolute atomic E-state index is 14.5. The number of amidine groups is 1. The molecule has 0 bridgehead atoms. The molecule has 654 valence electrons. The van der Waals surface area contributed by atoms with Crippen molar-refractivity contribution in [3.05, 3.63) is 0 Å². The van der Waals surface area contributed by atoms with E-state index in [-0.39, 0.29) is 87.9 Å². The van der Waals surface area contributed by atoms with Crippen LogP contribution in [0.2, 0.25) is 0 Å². The predicted molar refractivity (Wildman–Crippen MR) is 437 cm³/mol. The highest BCUT2D eigenvalue weighted by atomic mass is 16.2. The minimum Gasteiger partial charge on any atom is -0.354 e. The minimum absolute atomic E-state index is 0.0691. The molecule has 0 aromatic carbocycles. The third-order valence-electron chi connectivity index (χ3n) is 22.4. The second kappa shape index (κ2) is 41.4. The monoisotopic (exact) mass is 1630 g/mol. The Morgan fingerprint density at radius 3 is 1.34 bits per heavy atom. The van der Waals surface area contributed by atoms with Gasteiger partial charge in [0.15, 0.2) is 0 Å². The molecule has 5 rings (SSSR count). The molecule has 0 aliphatic carbocycles. The summed E-state index contributed by atoms with van der Waals surface area (Å²) in [7, 11) is 0. The predicted octanol–water partition coefficient (Wildman–Crippen LogP) is 1.43. The van der Waals surface area contributed by atoms with Crippen molar-refractivity contribution in [2.75, 3.05) is 58.9 Å². The molecule has 5 heterocycles. The molecule has 0 radical (unpaired) electrons. The van der Waals surface area contributed by atoms with Gasteiger partial charge in [-0.3, -0.25) is 86.2 Å². The van der Waals surface area contributed by atoms with Crippen molar-refractivity contribution in [2.24, 2.45) is 17.8 Å². The van der Waals surface area contributed by atoms with E-state index < -0.39 is 164 Å². The van der Waals surface area contributed by atoms with Crippen molar-refractivity contribution >= 4 is 100 Å². The summed E-state index contributed by atoms with van der Waals surface area (Å²) < 4.78 is 2.43. The Bertz CT molecular complexity index is 3640. The van der Waals surface area contributed by atoms with Gasteiger partial charge in [0, 0.05) is 45.9 Å². The fraction of sp³-hybridized carbons (Fsp3) is 0.793. The highest BCUT2D eigenvalue weighted by Gasteiger charge is 2.49. The topological polar surface area (TPSA) is 445 Å². The lowest BCUT2D eigenvalue weighted by molar-refractivity contribution is -0.530. The molecule has 5 aliphatic rings. The zero-order valence-corrected chi connectivity index (χ0v) is 73.4. The Morgan fingerprint density at radius 1 is 0.414 bits per heavy atom. The molecule has 0 aromatic heterocycles. The molecule has 8 atom stereocenters. The molecule has 34 heteroatoms. The van der Waals surface area contributed by atoms with Crippen LogP contribution in [-0.4, -0.2) is 264 Å². The number of hydrogen-bond donors (Lipinski definition) is 13. The summed E-state index contributed by atoms with van der Waals surface area (Å²) in [5, 5.41) is 35.7. The van der Waals surface area contributed by atoms with Gasteiger partial charge in [-0.05, 0) is 205 Å². The normalized spacial score (nSPS) is 19.3. The lowest BCUT2D eigenvalue weighted by Crippen LogP contribution is -2.67. The smallest absolute Gasteiger partial charge is 0.248 e. The van der Waals surface area contributed by atoms with Gasteiger partial charge in [0.1, 0.15) is 81.6 Å². The molecule has 0 aromatic rings. The average Bonchev–Trinajstić information content (AvgIpc) is 0.890. The van der Waals surface area contributed by atoms with Crippen molar-refractivity contribution in [3.63, 3.8) is 0 Å². The first kappa shape index (κ1) is 97.6. The summed E-state index contributed by atoms with van der Waals surface area (Å²) >= 11 is 0. The van der Waals surface area contributed by atoms with Gasteiger partial charge in [-0.1, -0.05) is 48.5 Å². The van der Waals surface area contributed by atoms with Gasteiger partial charge in [-0.25, -0.2) is 0 Å². The third kappa shape index (κ3) is 27.6.